The van der Waals surface area contributed by atoms with E-state index < -0.39 is 17.5 Å². The highest BCUT2D eigenvalue weighted by atomic mass is 32.1. The van der Waals surface area contributed by atoms with Crippen molar-refractivity contribution in [1.82, 2.24) is 9.88 Å². The molecule has 2 aromatic rings. The highest BCUT2D eigenvalue weighted by Crippen LogP contribution is 2.31. The van der Waals surface area contributed by atoms with Gasteiger partial charge in [-0.1, -0.05) is 0 Å². The second kappa shape index (κ2) is 8.74. The van der Waals surface area contributed by atoms with Crippen molar-refractivity contribution in [2.75, 3.05) is 25.1 Å². The summed E-state index contributed by atoms with van der Waals surface area (Å²) in [7, 11) is 1.40. The van der Waals surface area contributed by atoms with E-state index in [4.69, 9.17) is 4.74 Å². The zero-order valence-electron chi connectivity index (χ0n) is 15.7. The molecule has 2 heterocycles. The van der Waals surface area contributed by atoms with Gasteiger partial charge in [-0.3, -0.25) is 19.4 Å². The summed E-state index contributed by atoms with van der Waals surface area (Å²) in [6, 6.07) is 3.07. The zero-order chi connectivity index (χ0) is 20.3. The van der Waals surface area contributed by atoms with Crippen LogP contribution in [0.3, 0.4) is 0 Å². The van der Waals surface area contributed by atoms with Gasteiger partial charge in [0, 0.05) is 24.9 Å². The molecule has 1 fully saturated rings. The molecule has 0 atom stereocenters. The lowest BCUT2D eigenvalue weighted by Gasteiger charge is -2.29. The molecule has 1 amide bonds. The molecule has 6 nitrogen and oxygen atoms in total. The minimum atomic E-state index is -0.822. The van der Waals surface area contributed by atoms with Crippen molar-refractivity contribution < 1.29 is 23.1 Å². The van der Waals surface area contributed by atoms with Crippen LogP contribution in [-0.2, 0) is 20.9 Å². The van der Waals surface area contributed by atoms with Crippen molar-refractivity contribution in [2.45, 2.75) is 26.3 Å². The molecule has 1 aromatic carbocycles. The number of hydrogen-bond acceptors (Lipinski definition) is 6. The molecular weight excluding hydrogens is 388 g/mol. The molecule has 1 aliphatic heterocycles. The Morgan fingerprint density at radius 1 is 1.32 bits per heavy atom. The highest BCUT2D eigenvalue weighted by molar-refractivity contribution is 7.14. The fourth-order valence-electron chi connectivity index (χ4n) is 3.26. The number of carbonyl (C=O) groups excluding carboxylic acids is 2. The molecule has 150 valence electrons. The van der Waals surface area contributed by atoms with Gasteiger partial charge in [-0.05, 0) is 38.1 Å². The number of piperidine rings is 1. The van der Waals surface area contributed by atoms with Crippen molar-refractivity contribution in [3.63, 3.8) is 0 Å². The molecule has 1 saturated heterocycles. The van der Waals surface area contributed by atoms with Gasteiger partial charge in [0.15, 0.2) is 5.13 Å². The number of ether oxygens (including phenoxy) is 1. The van der Waals surface area contributed by atoms with Crippen LogP contribution in [0.2, 0.25) is 0 Å². The number of anilines is 2. The SMILES string of the molecule is COC(=O)C1CCN(Cc2csc(N(C(C)=O)c3ccc(F)cc3F)n2)CC1. The number of rotatable bonds is 5. The van der Waals surface area contributed by atoms with Gasteiger partial charge < -0.3 is 4.74 Å². The number of esters is 1. The molecule has 0 aliphatic carbocycles. The number of methoxy groups -OCH3 is 1. The summed E-state index contributed by atoms with van der Waals surface area (Å²) in [4.78, 5) is 31.5. The van der Waals surface area contributed by atoms with Crippen LogP contribution in [0.1, 0.15) is 25.5 Å². The quantitative estimate of drug-likeness (QED) is 0.708. The number of amides is 1. The Morgan fingerprint density at radius 2 is 2.04 bits per heavy atom. The molecule has 0 unspecified atom stereocenters. The Morgan fingerprint density at radius 3 is 2.64 bits per heavy atom. The van der Waals surface area contributed by atoms with Crippen molar-refractivity contribution in [3.05, 3.63) is 40.9 Å². The van der Waals surface area contributed by atoms with Crippen LogP contribution in [0.4, 0.5) is 19.6 Å². The van der Waals surface area contributed by atoms with Crippen LogP contribution < -0.4 is 4.90 Å². The molecule has 0 bridgehead atoms. The van der Waals surface area contributed by atoms with Gasteiger partial charge in [-0.15, -0.1) is 11.3 Å². The van der Waals surface area contributed by atoms with Crippen LogP contribution in [0.5, 0.6) is 0 Å². The van der Waals surface area contributed by atoms with Gasteiger partial charge in [0.1, 0.15) is 11.6 Å². The Labute approximate surface area is 165 Å². The number of aromatic nitrogens is 1. The van der Waals surface area contributed by atoms with E-state index in [9.17, 15) is 18.4 Å². The monoisotopic (exact) mass is 409 g/mol. The van der Waals surface area contributed by atoms with Crippen LogP contribution >= 0.6 is 11.3 Å². The normalized spacial score (nSPS) is 15.4. The van der Waals surface area contributed by atoms with Crippen molar-refractivity contribution in [3.8, 4) is 0 Å². The Bertz CT molecular complexity index is 866. The molecule has 1 aliphatic rings. The van der Waals surface area contributed by atoms with Crippen molar-refractivity contribution in [2.24, 2.45) is 5.92 Å². The number of carbonyl (C=O) groups is 2. The first-order valence-electron chi connectivity index (χ1n) is 8.89. The predicted octanol–water partition coefficient (Wildman–Crippen LogP) is 3.49. The molecule has 0 radical (unpaired) electrons. The highest BCUT2D eigenvalue weighted by Gasteiger charge is 2.26. The second-order valence-electron chi connectivity index (χ2n) is 6.65. The lowest BCUT2D eigenvalue weighted by Crippen LogP contribution is -2.36. The third kappa shape index (κ3) is 4.53. The van der Waals surface area contributed by atoms with E-state index in [1.54, 1.807) is 0 Å². The maximum absolute atomic E-state index is 14.2. The molecule has 0 N–H and O–H groups in total. The topological polar surface area (TPSA) is 62.7 Å². The van der Waals surface area contributed by atoms with Gasteiger partial charge in [-0.25, -0.2) is 13.8 Å². The molecule has 28 heavy (non-hydrogen) atoms. The molecule has 9 heteroatoms. The first-order valence-corrected chi connectivity index (χ1v) is 9.77. The minimum Gasteiger partial charge on any atom is -0.469 e. The van der Waals surface area contributed by atoms with E-state index in [-0.39, 0.29) is 17.6 Å². The van der Waals surface area contributed by atoms with Crippen LogP contribution in [-0.4, -0.2) is 42.0 Å². The van der Waals surface area contributed by atoms with E-state index in [0.29, 0.717) is 11.7 Å². The van der Waals surface area contributed by atoms with Gasteiger partial charge in [0.2, 0.25) is 5.91 Å². The Kier molecular flexibility index (Phi) is 6.35. The lowest BCUT2D eigenvalue weighted by molar-refractivity contribution is -0.147. The standard InChI is InChI=1S/C19H21F2N3O3S/c1-12(25)24(17-4-3-14(20)9-16(17)21)19-22-15(11-28-19)10-23-7-5-13(6-8-23)18(26)27-2/h3-4,9,11,13H,5-8,10H2,1-2H3. The third-order valence-corrected chi connectivity index (χ3v) is 5.58. The van der Waals surface area contributed by atoms with Gasteiger partial charge >= 0.3 is 5.97 Å². The van der Waals surface area contributed by atoms with E-state index in [2.05, 4.69) is 9.88 Å². The molecule has 1 aromatic heterocycles. The second-order valence-corrected chi connectivity index (χ2v) is 7.48. The number of nitrogens with zero attached hydrogens (tertiary/aromatic N) is 3. The smallest absolute Gasteiger partial charge is 0.308 e. The maximum atomic E-state index is 14.2. The molecule has 3 rings (SSSR count). The molecular formula is C19H21F2N3O3S. The van der Waals surface area contributed by atoms with E-state index in [1.165, 1.54) is 31.4 Å². The van der Waals surface area contributed by atoms with Crippen LogP contribution in [0, 0.1) is 17.6 Å². The minimum absolute atomic E-state index is 0.0336. The number of likely N-dealkylation sites (tertiary alicyclic amines) is 1. The van der Waals surface area contributed by atoms with E-state index in [1.807, 2.05) is 5.38 Å². The first kappa shape index (κ1) is 20.3. The van der Waals surface area contributed by atoms with Crippen LogP contribution in [0.25, 0.3) is 0 Å². The maximum Gasteiger partial charge on any atom is 0.308 e. The number of thiazole rings is 1. The molecule has 0 saturated carbocycles. The molecule has 0 spiro atoms. The summed E-state index contributed by atoms with van der Waals surface area (Å²) < 4.78 is 32.1. The predicted molar refractivity (Wildman–Crippen MR) is 101 cm³/mol. The lowest BCUT2D eigenvalue weighted by atomic mass is 9.97. The van der Waals surface area contributed by atoms with Crippen molar-refractivity contribution >= 4 is 34.0 Å². The zero-order valence-corrected chi connectivity index (χ0v) is 16.5. The fraction of sp³-hybridized carbons (Fsp3) is 0.421. The first-order chi connectivity index (χ1) is 13.4. The van der Waals surface area contributed by atoms with Gasteiger partial charge in [0.05, 0.1) is 24.4 Å². The summed E-state index contributed by atoms with van der Waals surface area (Å²) in [5.41, 5.74) is 0.721. The summed E-state index contributed by atoms with van der Waals surface area (Å²) >= 11 is 1.22. The number of halogens is 2. The number of hydrogen-bond donors (Lipinski definition) is 0. The third-order valence-electron chi connectivity index (χ3n) is 4.70. The van der Waals surface area contributed by atoms with E-state index >= 15 is 0 Å². The number of benzene rings is 1. The fourth-order valence-corrected chi connectivity index (χ4v) is 4.14. The summed E-state index contributed by atoms with van der Waals surface area (Å²) in [5.74, 6) is -2.18. The Hall–Kier alpha value is -2.39. The Balaban J connectivity index is 1.70. The largest absolute Gasteiger partial charge is 0.469 e. The van der Waals surface area contributed by atoms with Gasteiger partial charge in [-0.2, -0.15) is 0 Å². The van der Waals surface area contributed by atoms with Crippen LogP contribution in [0.15, 0.2) is 23.6 Å². The van der Waals surface area contributed by atoms with Gasteiger partial charge in [0.25, 0.3) is 0 Å². The average molecular weight is 409 g/mol. The van der Waals surface area contributed by atoms with E-state index in [0.717, 1.165) is 48.7 Å². The average Bonchev–Trinajstić information content (AvgIpc) is 3.11. The summed E-state index contributed by atoms with van der Waals surface area (Å²) in [6.45, 7) is 3.37. The van der Waals surface area contributed by atoms with Crippen molar-refractivity contribution in [1.29, 1.82) is 0 Å². The summed E-state index contributed by atoms with van der Waals surface area (Å²) in [6.07, 6.45) is 1.45. The summed E-state index contributed by atoms with van der Waals surface area (Å²) in [5, 5.41) is 2.15.